The Balaban J connectivity index is 4.09. The molecule has 0 aromatic rings. The summed E-state index contributed by atoms with van der Waals surface area (Å²) in [5.41, 5.74) is 7.39. The second-order valence-corrected chi connectivity index (χ2v) is 2.21. The Morgan fingerprint density at radius 2 is 2.10 bits per heavy atom. The van der Waals surface area contributed by atoms with Gasteiger partial charge in [-0.3, -0.25) is 4.99 Å². The smallest absolute Gasteiger partial charge is 0.0364 e. The first-order valence-corrected chi connectivity index (χ1v) is 3.67. The van der Waals surface area contributed by atoms with Crippen molar-refractivity contribution in [2.75, 3.05) is 6.54 Å². The Hall–Kier alpha value is -0.790. The Morgan fingerprint density at radius 3 is 2.40 bits per heavy atom. The van der Waals surface area contributed by atoms with E-state index in [2.05, 4.69) is 11.9 Å². The summed E-state index contributed by atoms with van der Waals surface area (Å²) in [7, 11) is 0. The first-order valence-electron chi connectivity index (χ1n) is 3.67. The van der Waals surface area contributed by atoms with E-state index < -0.39 is 0 Å². The molecule has 0 bridgehead atoms. The Bertz CT molecular complexity index is 141. The number of allylic oxidation sites excluding steroid dienone is 2. The summed E-state index contributed by atoms with van der Waals surface area (Å²) in [6.07, 6.45) is 2.88. The molecule has 0 aromatic heterocycles. The second kappa shape index (κ2) is 5.03. The van der Waals surface area contributed by atoms with Crippen molar-refractivity contribution >= 4 is 5.71 Å². The number of nitrogens with zero attached hydrogens (tertiary/aromatic N) is 1. The van der Waals surface area contributed by atoms with E-state index in [1.54, 1.807) is 0 Å². The molecule has 0 radical (unpaired) electrons. The maximum absolute atomic E-state index is 5.48. The lowest BCUT2D eigenvalue weighted by Gasteiger charge is -1.95. The predicted octanol–water partition coefficient (Wildman–Crippen LogP) is 1.72. The van der Waals surface area contributed by atoms with Crippen LogP contribution in [0.3, 0.4) is 0 Å². The van der Waals surface area contributed by atoms with Gasteiger partial charge < -0.3 is 5.73 Å². The number of aliphatic imine (C=N–C) groups is 1. The number of hydrogen-bond donors (Lipinski definition) is 1. The Labute approximate surface area is 62.8 Å². The Morgan fingerprint density at radius 1 is 1.50 bits per heavy atom. The summed E-state index contributed by atoms with van der Waals surface area (Å²) in [5.74, 6) is 0. The van der Waals surface area contributed by atoms with Crippen LogP contribution in [0.2, 0.25) is 0 Å². The molecule has 0 amide bonds. The van der Waals surface area contributed by atoms with E-state index in [1.807, 2.05) is 19.9 Å². The summed E-state index contributed by atoms with van der Waals surface area (Å²) >= 11 is 0. The van der Waals surface area contributed by atoms with Crippen molar-refractivity contribution < 1.29 is 0 Å². The third-order valence-corrected chi connectivity index (χ3v) is 1.12. The molecular weight excluding hydrogens is 124 g/mol. The van der Waals surface area contributed by atoms with Crippen molar-refractivity contribution in [2.24, 2.45) is 10.7 Å². The molecule has 0 heterocycles. The highest BCUT2D eigenvalue weighted by Crippen LogP contribution is 1.91. The number of rotatable bonds is 3. The lowest BCUT2D eigenvalue weighted by atomic mass is 10.2. The van der Waals surface area contributed by atoms with Gasteiger partial charge in [-0.25, -0.2) is 0 Å². The molecule has 0 aliphatic rings. The molecule has 58 valence electrons. The zero-order chi connectivity index (χ0) is 7.98. The first kappa shape index (κ1) is 9.21. The minimum atomic E-state index is 0.828. The second-order valence-electron chi connectivity index (χ2n) is 2.21. The topological polar surface area (TPSA) is 38.4 Å². The van der Waals surface area contributed by atoms with Gasteiger partial charge in [0.25, 0.3) is 0 Å². The highest BCUT2D eigenvalue weighted by molar-refractivity contribution is 5.95. The monoisotopic (exact) mass is 140 g/mol. The average molecular weight is 140 g/mol. The molecule has 2 nitrogen and oxygen atoms in total. The van der Waals surface area contributed by atoms with Crippen molar-refractivity contribution in [2.45, 2.75) is 27.2 Å². The van der Waals surface area contributed by atoms with Crippen LogP contribution in [0.1, 0.15) is 27.2 Å². The third kappa shape index (κ3) is 4.13. The van der Waals surface area contributed by atoms with E-state index in [9.17, 15) is 0 Å². The lowest BCUT2D eigenvalue weighted by molar-refractivity contribution is 1.10. The molecule has 0 aromatic carbocycles. The highest BCUT2D eigenvalue weighted by Gasteiger charge is 1.88. The minimum absolute atomic E-state index is 0.828. The van der Waals surface area contributed by atoms with Gasteiger partial charge >= 0.3 is 0 Å². The van der Waals surface area contributed by atoms with Crippen LogP contribution in [0.25, 0.3) is 0 Å². The van der Waals surface area contributed by atoms with Crippen molar-refractivity contribution in [1.82, 2.24) is 0 Å². The average Bonchev–Trinajstić information content (AvgIpc) is 1.86. The van der Waals surface area contributed by atoms with Crippen molar-refractivity contribution in [1.29, 1.82) is 0 Å². The summed E-state index contributed by atoms with van der Waals surface area (Å²) in [4.78, 5) is 4.24. The lowest BCUT2D eigenvalue weighted by Crippen LogP contribution is -1.98. The van der Waals surface area contributed by atoms with Gasteiger partial charge in [0.1, 0.15) is 0 Å². The van der Waals surface area contributed by atoms with Crippen molar-refractivity contribution in [3.05, 3.63) is 11.8 Å². The molecule has 0 rings (SSSR count). The van der Waals surface area contributed by atoms with Crippen LogP contribution in [0.5, 0.6) is 0 Å². The Kier molecular flexibility index (Phi) is 4.63. The van der Waals surface area contributed by atoms with E-state index >= 15 is 0 Å². The van der Waals surface area contributed by atoms with Gasteiger partial charge in [0.05, 0.1) is 0 Å². The molecule has 2 N–H and O–H groups in total. The van der Waals surface area contributed by atoms with Crippen molar-refractivity contribution in [3.8, 4) is 0 Å². The summed E-state index contributed by atoms with van der Waals surface area (Å²) in [6.45, 7) is 6.82. The van der Waals surface area contributed by atoms with Crippen LogP contribution >= 0.6 is 0 Å². The molecule has 0 unspecified atom stereocenters. The SMILES string of the molecule is CCN=C(/C=C(/C)N)CC. The molecular formula is C8H16N2. The van der Waals surface area contributed by atoms with E-state index in [0.29, 0.717) is 0 Å². The van der Waals surface area contributed by atoms with E-state index in [4.69, 9.17) is 5.73 Å². The zero-order valence-electron chi connectivity index (χ0n) is 7.02. The molecule has 0 saturated heterocycles. The summed E-state index contributed by atoms with van der Waals surface area (Å²) < 4.78 is 0. The predicted molar refractivity (Wildman–Crippen MR) is 46.2 cm³/mol. The molecule has 0 saturated carbocycles. The molecule has 0 fully saturated rings. The molecule has 0 atom stereocenters. The van der Waals surface area contributed by atoms with E-state index in [1.165, 1.54) is 0 Å². The largest absolute Gasteiger partial charge is 0.402 e. The van der Waals surface area contributed by atoms with Crippen LogP contribution in [0.15, 0.2) is 16.8 Å². The van der Waals surface area contributed by atoms with Gasteiger partial charge in [-0.05, 0) is 26.3 Å². The zero-order valence-corrected chi connectivity index (χ0v) is 7.02. The number of hydrogen-bond acceptors (Lipinski definition) is 2. The summed E-state index contributed by atoms with van der Waals surface area (Å²) in [6, 6.07) is 0. The minimum Gasteiger partial charge on any atom is -0.402 e. The van der Waals surface area contributed by atoms with Gasteiger partial charge in [-0.15, -0.1) is 0 Å². The fourth-order valence-corrected chi connectivity index (χ4v) is 0.725. The van der Waals surface area contributed by atoms with Crippen LogP contribution < -0.4 is 5.73 Å². The van der Waals surface area contributed by atoms with E-state index in [0.717, 1.165) is 24.4 Å². The van der Waals surface area contributed by atoms with Gasteiger partial charge in [-0.1, -0.05) is 6.92 Å². The van der Waals surface area contributed by atoms with Gasteiger partial charge in [0.15, 0.2) is 0 Å². The van der Waals surface area contributed by atoms with Gasteiger partial charge in [0.2, 0.25) is 0 Å². The highest BCUT2D eigenvalue weighted by atomic mass is 14.7. The third-order valence-electron chi connectivity index (χ3n) is 1.12. The van der Waals surface area contributed by atoms with Gasteiger partial charge in [-0.2, -0.15) is 0 Å². The molecule has 10 heavy (non-hydrogen) atoms. The van der Waals surface area contributed by atoms with Crippen LogP contribution in [-0.2, 0) is 0 Å². The van der Waals surface area contributed by atoms with E-state index in [-0.39, 0.29) is 0 Å². The molecule has 0 aliphatic carbocycles. The quantitative estimate of drug-likeness (QED) is 0.595. The van der Waals surface area contributed by atoms with Crippen molar-refractivity contribution in [3.63, 3.8) is 0 Å². The fraction of sp³-hybridized carbons (Fsp3) is 0.625. The van der Waals surface area contributed by atoms with Crippen LogP contribution in [0.4, 0.5) is 0 Å². The molecule has 2 heteroatoms. The normalized spacial score (nSPS) is 13.9. The number of nitrogens with two attached hydrogens (primary N) is 1. The maximum atomic E-state index is 5.48. The fourth-order valence-electron chi connectivity index (χ4n) is 0.725. The summed E-state index contributed by atoms with van der Waals surface area (Å²) in [5, 5.41) is 0. The van der Waals surface area contributed by atoms with Crippen LogP contribution in [0, 0.1) is 0 Å². The molecule has 0 aliphatic heterocycles. The van der Waals surface area contributed by atoms with Crippen LogP contribution in [-0.4, -0.2) is 12.3 Å². The molecule has 0 spiro atoms. The maximum Gasteiger partial charge on any atom is 0.0364 e. The first-order chi connectivity index (χ1) is 4.70. The standard InChI is InChI=1S/C8H16N2/c1-4-8(10-5-2)6-7(3)9/h6H,4-5,9H2,1-3H3/b7-6-,10-8?. The van der Waals surface area contributed by atoms with Gasteiger partial charge in [0, 0.05) is 18.0 Å².